The Kier molecular flexibility index (Phi) is 5.20. The summed E-state index contributed by atoms with van der Waals surface area (Å²) in [6, 6.07) is 10.0. The van der Waals surface area contributed by atoms with Crippen molar-refractivity contribution in [1.82, 2.24) is 4.37 Å². The highest BCUT2D eigenvalue weighted by Gasteiger charge is 2.26. The van der Waals surface area contributed by atoms with E-state index in [9.17, 15) is 5.11 Å². The normalized spacial score (nSPS) is 11.6. The zero-order valence-electron chi connectivity index (χ0n) is 12.6. The summed E-state index contributed by atoms with van der Waals surface area (Å²) in [5.41, 5.74) is 7.95. The lowest BCUT2D eigenvalue weighted by Crippen LogP contribution is -2.32. The van der Waals surface area contributed by atoms with Crippen molar-refractivity contribution in [3.05, 3.63) is 30.3 Å². The maximum absolute atomic E-state index is 9.67. The number of aliphatic hydroxyl groups excluding tert-OH is 1. The van der Waals surface area contributed by atoms with Crippen LogP contribution in [-0.4, -0.2) is 22.6 Å². The number of anilines is 2. The summed E-state index contributed by atoms with van der Waals surface area (Å²) < 4.78 is 4.27. The molecule has 1 aromatic carbocycles. The lowest BCUT2D eigenvalue weighted by atomic mass is 9.83. The average Bonchev–Trinajstić information content (AvgIpc) is 2.91. The van der Waals surface area contributed by atoms with Gasteiger partial charge in [0.1, 0.15) is 10.8 Å². The van der Waals surface area contributed by atoms with Gasteiger partial charge in [0, 0.05) is 12.0 Å². The van der Waals surface area contributed by atoms with Gasteiger partial charge in [0.15, 0.2) is 0 Å². The molecule has 0 bridgehead atoms. The van der Waals surface area contributed by atoms with Crippen LogP contribution in [0, 0.1) is 5.41 Å². The van der Waals surface area contributed by atoms with Gasteiger partial charge >= 0.3 is 0 Å². The highest BCUT2D eigenvalue weighted by Crippen LogP contribution is 2.37. The Morgan fingerprint density at radius 2 is 1.90 bits per heavy atom. The van der Waals surface area contributed by atoms with Crippen LogP contribution in [-0.2, 0) is 0 Å². The number of nitrogens with two attached hydrogens (primary N) is 1. The van der Waals surface area contributed by atoms with Gasteiger partial charge in [-0.15, -0.1) is 0 Å². The lowest BCUT2D eigenvalue weighted by molar-refractivity contribution is 0.127. The van der Waals surface area contributed by atoms with Gasteiger partial charge in [-0.25, -0.2) is 0 Å². The van der Waals surface area contributed by atoms with E-state index in [1.54, 1.807) is 0 Å². The van der Waals surface area contributed by atoms with E-state index in [1.165, 1.54) is 11.5 Å². The van der Waals surface area contributed by atoms with Gasteiger partial charge in [-0.05, 0) is 29.9 Å². The zero-order chi connectivity index (χ0) is 15.3. The summed E-state index contributed by atoms with van der Waals surface area (Å²) in [6.07, 6.45) is 1.86. The summed E-state index contributed by atoms with van der Waals surface area (Å²) in [6.45, 7) is 5.13. The maximum atomic E-state index is 9.67. The van der Waals surface area contributed by atoms with Crippen LogP contribution < -0.4 is 11.1 Å². The summed E-state index contributed by atoms with van der Waals surface area (Å²) >= 11 is 1.38. The SMILES string of the molecule is CCC(CC)(CO)CNc1snc(N)c1-c1ccccc1. The fraction of sp³-hybridized carbons (Fsp3) is 0.438. The van der Waals surface area contributed by atoms with E-state index < -0.39 is 0 Å². The van der Waals surface area contributed by atoms with Crippen molar-refractivity contribution in [3.63, 3.8) is 0 Å². The predicted octanol–water partition coefficient (Wildman–Crippen LogP) is 3.60. The number of nitrogen functional groups attached to an aromatic ring is 1. The van der Waals surface area contributed by atoms with Gasteiger partial charge < -0.3 is 16.2 Å². The van der Waals surface area contributed by atoms with Crippen molar-refractivity contribution in [1.29, 1.82) is 0 Å². The Bertz CT molecular complexity index is 556. The van der Waals surface area contributed by atoms with Crippen molar-refractivity contribution in [2.45, 2.75) is 26.7 Å². The van der Waals surface area contributed by atoms with Crippen LogP contribution in [0.25, 0.3) is 11.1 Å². The lowest BCUT2D eigenvalue weighted by Gasteiger charge is -2.29. The molecule has 4 nitrogen and oxygen atoms in total. The quantitative estimate of drug-likeness (QED) is 0.731. The molecule has 0 saturated heterocycles. The molecule has 0 aliphatic heterocycles. The van der Waals surface area contributed by atoms with Crippen molar-refractivity contribution in [3.8, 4) is 11.1 Å². The molecule has 0 radical (unpaired) electrons. The fourth-order valence-electron chi connectivity index (χ4n) is 2.35. The topological polar surface area (TPSA) is 71.2 Å². The van der Waals surface area contributed by atoms with Crippen molar-refractivity contribution in [2.75, 3.05) is 24.2 Å². The van der Waals surface area contributed by atoms with Gasteiger partial charge in [-0.2, -0.15) is 4.37 Å². The van der Waals surface area contributed by atoms with E-state index in [4.69, 9.17) is 5.73 Å². The molecule has 1 aromatic heterocycles. The van der Waals surface area contributed by atoms with E-state index >= 15 is 0 Å². The Labute approximate surface area is 130 Å². The minimum atomic E-state index is -0.0906. The Morgan fingerprint density at radius 1 is 1.24 bits per heavy atom. The smallest absolute Gasteiger partial charge is 0.147 e. The third-order valence-electron chi connectivity index (χ3n) is 4.24. The molecule has 0 fully saturated rings. The number of hydrogen-bond acceptors (Lipinski definition) is 5. The number of aliphatic hydroxyl groups is 1. The van der Waals surface area contributed by atoms with Gasteiger partial charge in [-0.3, -0.25) is 0 Å². The maximum Gasteiger partial charge on any atom is 0.147 e. The van der Waals surface area contributed by atoms with Crippen molar-refractivity contribution in [2.24, 2.45) is 5.41 Å². The minimum Gasteiger partial charge on any atom is -0.396 e. The second kappa shape index (κ2) is 6.91. The largest absolute Gasteiger partial charge is 0.396 e. The number of hydrogen-bond donors (Lipinski definition) is 3. The van der Waals surface area contributed by atoms with E-state index in [1.807, 2.05) is 30.3 Å². The van der Waals surface area contributed by atoms with Crippen molar-refractivity contribution >= 4 is 22.4 Å². The average molecular weight is 305 g/mol. The molecule has 2 aromatic rings. The third kappa shape index (κ3) is 3.36. The second-order valence-corrected chi connectivity index (χ2v) is 6.13. The van der Waals surface area contributed by atoms with Gasteiger partial charge in [0.2, 0.25) is 0 Å². The molecule has 0 unspecified atom stereocenters. The first-order valence-electron chi connectivity index (χ1n) is 7.31. The Hall–Kier alpha value is -1.59. The number of aromatic nitrogens is 1. The number of nitrogens with zero attached hydrogens (tertiary/aromatic N) is 1. The van der Waals surface area contributed by atoms with Crippen LogP contribution in [0.2, 0.25) is 0 Å². The minimum absolute atomic E-state index is 0.0906. The van der Waals surface area contributed by atoms with E-state index in [0.29, 0.717) is 5.82 Å². The van der Waals surface area contributed by atoms with E-state index in [2.05, 4.69) is 23.5 Å². The molecule has 5 heteroatoms. The van der Waals surface area contributed by atoms with Crippen LogP contribution in [0.5, 0.6) is 0 Å². The van der Waals surface area contributed by atoms with Crippen molar-refractivity contribution < 1.29 is 5.11 Å². The summed E-state index contributed by atoms with van der Waals surface area (Å²) in [5.74, 6) is 0.552. The van der Waals surface area contributed by atoms with Crippen LogP contribution in [0.4, 0.5) is 10.8 Å². The van der Waals surface area contributed by atoms with Gasteiger partial charge in [0.25, 0.3) is 0 Å². The Balaban J connectivity index is 2.23. The predicted molar refractivity (Wildman–Crippen MR) is 90.6 cm³/mol. The highest BCUT2D eigenvalue weighted by atomic mass is 32.1. The third-order valence-corrected chi connectivity index (χ3v) is 5.06. The molecule has 0 aliphatic carbocycles. The molecule has 4 N–H and O–H groups in total. The standard InChI is InChI=1S/C16H23N3OS/c1-3-16(4-2,11-20)10-18-15-13(14(17)19-21-15)12-8-6-5-7-9-12/h5-9,18,20H,3-4,10-11H2,1-2H3,(H2,17,19). The molecule has 0 spiro atoms. The zero-order valence-corrected chi connectivity index (χ0v) is 13.4. The molecular formula is C16H23N3OS. The molecule has 0 saturated carbocycles. The van der Waals surface area contributed by atoms with E-state index in [0.717, 1.165) is 35.5 Å². The van der Waals surface area contributed by atoms with Gasteiger partial charge in [-0.1, -0.05) is 44.2 Å². The molecular weight excluding hydrogens is 282 g/mol. The molecule has 1 heterocycles. The monoisotopic (exact) mass is 305 g/mol. The van der Waals surface area contributed by atoms with Crippen LogP contribution in [0.15, 0.2) is 30.3 Å². The fourth-order valence-corrected chi connectivity index (χ4v) is 3.09. The summed E-state index contributed by atoms with van der Waals surface area (Å²) in [5, 5.41) is 14.1. The molecule has 0 atom stereocenters. The molecule has 21 heavy (non-hydrogen) atoms. The molecule has 114 valence electrons. The second-order valence-electron chi connectivity index (χ2n) is 5.36. The highest BCUT2D eigenvalue weighted by molar-refractivity contribution is 7.11. The first kappa shape index (κ1) is 15.8. The summed E-state index contributed by atoms with van der Waals surface area (Å²) in [4.78, 5) is 0. The van der Waals surface area contributed by atoms with Crippen LogP contribution >= 0.6 is 11.5 Å². The first-order valence-corrected chi connectivity index (χ1v) is 8.08. The van der Waals surface area contributed by atoms with Crippen LogP contribution in [0.1, 0.15) is 26.7 Å². The van der Waals surface area contributed by atoms with E-state index in [-0.39, 0.29) is 12.0 Å². The molecule has 0 aliphatic rings. The van der Waals surface area contributed by atoms with Gasteiger partial charge in [0.05, 0.1) is 12.2 Å². The Morgan fingerprint density at radius 3 is 2.48 bits per heavy atom. The number of benzene rings is 1. The number of rotatable bonds is 7. The molecule has 2 rings (SSSR count). The number of nitrogens with one attached hydrogen (secondary N) is 1. The summed E-state index contributed by atoms with van der Waals surface area (Å²) in [7, 11) is 0. The first-order chi connectivity index (χ1) is 10.2. The molecule has 0 amide bonds. The van der Waals surface area contributed by atoms with Crippen LogP contribution in [0.3, 0.4) is 0 Å².